The van der Waals surface area contributed by atoms with Crippen LogP contribution >= 0.6 is 0 Å². The van der Waals surface area contributed by atoms with Crippen LogP contribution in [0.3, 0.4) is 0 Å². The molecule has 0 spiro atoms. The monoisotopic (exact) mass is 205 g/mol. The van der Waals surface area contributed by atoms with Crippen molar-refractivity contribution in [1.29, 1.82) is 5.26 Å². The van der Waals surface area contributed by atoms with Gasteiger partial charge in [-0.05, 0) is 13.0 Å². The van der Waals surface area contributed by atoms with E-state index in [4.69, 9.17) is 5.26 Å². The van der Waals surface area contributed by atoms with Gasteiger partial charge in [-0.1, -0.05) is 0 Å². The SMILES string of the molecule is CCNc1nccc(N(C)CCC#N)n1. The Balaban J connectivity index is 2.67. The summed E-state index contributed by atoms with van der Waals surface area (Å²) in [4.78, 5) is 10.3. The zero-order chi connectivity index (χ0) is 11.1. The Morgan fingerprint density at radius 3 is 3.07 bits per heavy atom. The van der Waals surface area contributed by atoms with Crippen molar-refractivity contribution < 1.29 is 0 Å². The van der Waals surface area contributed by atoms with Gasteiger partial charge >= 0.3 is 0 Å². The number of aromatic nitrogens is 2. The molecule has 0 aromatic carbocycles. The molecule has 1 N–H and O–H groups in total. The molecule has 5 nitrogen and oxygen atoms in total. The smallest absolute Gasteiger partial charge is 0.224 e. The van der Waals surface area contributed by atoms with E-state index in [0.717, 1.165) is 12.4 Å². The predicted molar refractivity (Wildman–Crippen MR) is 59.7 cm³/mol. The van der Waals surface area contributed by atoms with Crippen LogP contribution in [0.25, 0.3) is 0 Å². The van der Waals surface area contributed by atoms with Crippen LogP contribution in [0, 0.1) is 11.3 Å². The molecule has 0 aliphatic heterocycles. The number of anilines is 2. The van der Waals surface area contributed by atoms with Gasteiger partial charge in [0.15, 0.2) is 0 Å². The van der Waals surface area contributed by atoms with E-state index in [1.54, 1.807) is 6.20 Å². The summed E-state index contributed by atoms with van der Waals surface area (Å²) in [5, 5.41) is 11.5. The molecule has 5 heteroatoms. The molecular formula is C10H15N5. The van der Waals surface area contributed by atoms with Gasteiger partial charge in [-0.15, -0.1) is 0 Å². The van der Waals surface area contributed by atoms with Gasteiger partial charge < -0.3 is 10.2 Å². The van der Waals surface area contributed by atoms with Crippen molar-refractivity contribution in [3.8, 4) is 6.07 Å². The Bertz CT molecular complexity index is 344. The van der Waals surface area contributed by atoms with Crippen LogP contribution in [-0.2, 0) is 0 Å². The molecule has 1 rings (SSSR count). The largest absolute Gasteiger partial charge is 0.358 e. The highest BCUT2D eigenvalue weighted by Crippen LogP contribution is 2.10. The summed E-state index contributed by atoms with van der Waals surface area (Å²) < 4.78 is 0. The minimum Gasteiger partial charge on any atom is -0.358 e. The summed E-state index contributed by atoms with van der Waals surface area (Å²) in [5.41, 5.74) is 0. The molecule has 80 valence electrons. The summed E-state index contributed by atoms with van der Waals surface area (Å²) in [7, 11) is 1.91. The first-order valence-electron chi connectivity index (χ1n) is 4.93. The van der Waals surface area contributed by atoms with E-state index in [1.165, 1.54) is 0 Å². The van der Waals surface area contributed by atoms with E-state index in [2.05, 4.69) is 21.4 Å². The van der Waals surface area contributed by atoms with Crippen molar-refractivity contribution in [3.05, 3.63) is 12.3 Å². The van der Waals surface area contributed by atoms with Gasteiger partial charge in [0.05, 0.1) is 12.5 Å². The molecule has 0 saturated carbocycles. The molecule has 0 atom stereocenters. The van der Waals surface area contributed by atoms with Gasteiger partial charge in [0, 0.05) is 26.3 Å². The number of nitrogens with zero attached hydrogens (tertiary/aromatic N) is 4. The van der Waals surface area contributed by atoms with Gasteiger partial charge in [0.25, 0.3) is 0 Å². The average molecular weight is 205 g/mol. The van der Waals surface area contributed by atoms with Crippen LogP contribution in [0.1, 0.15) is 13.3 Å². The van der Waals surface area contributed by atoms with E-state index in [1.807, 2.05) is 24.9 Å². The lowest BCUT2D eigenvalue weighted by molar-refractivity contribution is 0.879. The molecular weight excluding hydrogens is 190 g/mol. The predicted octanol–water partition coefficient (Wildman–Crippen LogP) is 1.26. The van der Waals surface area contributed by atoms with Crippen molar-refractivity contribution >= 4 is 11.8 Å². The van der Waals surface area contributed by atoms with Crippen molar-refractivity contribution in [3.63, 3.8) is 0 Å². The topological polar surface area (TPSA) is 64.8 Å². The highest BCUT2D eigenvalue weighted by molar-refractivity contribution is 5.41. The Morgan fingerprint density at radius 1 is 1.60 bits per heavy atom. The van der Waals surface area contributed by atoms with E-state index < -0.39 is 0 Å². The first kappa shape index (κ1) is 11.2. The zero-order valence-electron chi connectivity index (χ0n) is 9.06. The maximum absolute atomic E-state index is 8.48. The third-order valence-corrected chi connectivity index (χ3v) is 1.93. The molecule has 15 heavy (non-hydrogen) atoms. The van der Waals surface area contributed by atoms with Gasteiger partial charge in [-0.2, -0.15) is 10.2 Å². The van der Waals surface area contributed by atoms with Gasteiger partial charge in [-0.3, -0.25) is 0 Å². The number of rotatable bonds is 5. The molecule has 1 aromatic rings. The van der Waals surface area contributed by atoms with Crippen LogP contribution in [-0.4, -0.2) is 30.1 Å². The van der Waals surface area contributed by atoms with Crippen molar-refractivity contribution in [2.45, 2.75) is 13.3 Å². The van der Waals surface area contributed by atoms with Crippen molar-refractivity contribution in [1.82, 2.24) is 9.97 Å². The lowest BCUT2D eigenvalue weighted by Gasteiger charge is -2.16. The maximum atomic E-state index is 8.48. The molecule has 0 amide bonds. The fourth-order valence-corrected chi connectivity index (χ4v) is 1.14. The average Bonchev–Trinajstić information content (AvgIpc) is 2.27. The minimum atomic E-state index is 0.497. The summed E-state index contributed by atoms with van der Waals surface area (Å²) in [6, 6.07) is 3.94. The summed E-state index contributed by atoms with van der Waals surface area (Å²) in [6.07, 6.45) is 2.21. The third-order valence-electron chi connectivity index (χ3n) is 1.93. The molecule has 0 unspecified atom stereocenters. The zero-order valence-corrected chi connectivity index (χ0v) is 9.06. The quantitative estimate of drug-likeness (QED) is 0.784. The van der Waals surface area contributed by atoms with Crippen LogP contribution in [0.2, 0.25) is 0 Å². The molecule has 0 saturated heterocycles. The first-order valence-corrected chi connectivity index (χ1v) is 4.93. The third kappa shape index (κ3) is 3.43. The lowest BCUT2D eigenvalue weighted by atomic mass is 10.4. The standard InChI is InChI=1S/C10H15N5/c1-3-12-10-13-7-5-9(14-10)15(2)8-4-6-11/h5,7H,3-4,8H2,1-2H3,(H,12,13,14). The molecule has 0 fully saturated rings. The number of nitrogens with one attached hydrogen (secondary N) is 1. The van der Waals surface area contributed by atoms with Crippen LogP contribution in [0.4, 0.5) is 11.8 Å². The second-order valence-electron chi connectivity index (χ2n) is 3.10. The van der Waals surface area contributed by atoms with Gasteiger partial charge in [0.2, 0.25) is 5.95 Å². The van der Waals surface area contributed by atoms with E-state index >= 15 is 0 Å². The molecule has 0 aliphatic rings. The Labute approximate surface area is 89.8 Å². The van der Waals surface area contributed by atoms with E-state index in [-0.39, 0.29) is 0 Å². The number of hydrogen-bond donors (Lipinski definition) is 1. The Kier molecular flexibility index (Phi) is 4.35. The minimum absolute atomic E-state index is 0.497. The normalized spacial score (nSPS) is 9.40. The van der Waals surface area contributed by atoms with Crippen LogP contribution in [0.5, 0.6) is 0 Å². The van der Waals surface area contributed by atoms with Crippen molar-refractivity contribution in [2.75, 3.05) is 30.4 Å². The molecule has 0 radical (unpaired) electrons. The summed E-state index contributed by atoms with van der Waals surface area (Å²) in [5.74, 6) is 1.45. The number of hydrogen-bond acceptors (Lipinski definition) is 5. The highest BCUT2D eigenvalue weighted by atomic mass is 15.2. The van der Waals surface area contributed by atoms with Gasteiger partial charge in [0.1, 0.15) is 5.82 Å². The highest BCUT2D eigenvalue weighted by Gasteiger charge is 2.03. The molecule has 1 heterocycles. The summed E-state index contributed by atoms with van der Waals surface area (Å²) in [6.45, 7) is 3.47. The van der Waals surface area contributed by atoms with Crippen molar-refractivity contribution in [2.24, 2.45) is 0 Å². The molecule has 0 bridgehead atoms. The Morgan fingerprint density at radius 2 is 2.40 bits per heavy atom. The van der Waals surface area contributed by atoms with E-state index in [9.17, 15) is 0 Å². The molecule has 1 aromatic heterocycles. The Hall–Kier alpha value is -1.83. The maximum Gasteiger partial charge on any atom is 0.224 e. The second kappa shape index (κ2) is 5.81. The lowest BCUT2D eigenvalue weighted by Crippen LogP contribution is -2.20. The molecule has 0 aliphatic carbocycles. The fourth-order valence-electron chi connectivity index (χ4n) is 1.14. The van der Waals surface area contributed by atoms with Crippen LogP contribution < -0.4 is 10.2 Å². The number of nitriles is 1. The fraction of sp³-hybridized carbons (Fsp3) is 0.500. The summed E-state index contributed by atoms with van der Waals surface area (Å²) >= 11 is 0. The van der Waals surface area contributed by atoms with Crippen LogP contribution in [0.15, 0.2) is 12.3 Å². The van der Waals surface area contributed by atoms with Gasteiger partial charge in [-0.25, -0.2) is 4.98 Å². The second-order valence-corrected chi connectivity index (χ2v) is 3.10. The first-order chi connectivity index (χ1) is 7.27. The van der Waals surface area contributed by atoms with E-state index in [0.29, 0.717) is 18.9 Å².